The highest BCUT2D eigenvalue weighted by molar-refractivity contribution is 5.71. The van der Waals surface area contributed by atoms with Crippen molar-refractivity contribution in [2.45, 2.75) is 6.54 Å². The van der Waals surface area contributed by atoms with Crippen LogP contribution in [0.1, 0.15) is 5.56 Å². The summed E-state index contributed by atoms with van der Waals surface area (Å²) in [4.78, 5) is 2.15. The van der Waals surface area contributed by atoms with Gasteiger partial charge in [0.05, 0.1) is 21.3 Å². The average molecular weight is 301 g/mol. The molecule has 0 spiro atoms. The van der Waals surface area contributed by atoms with Crippen molar-refractivity contribution in [1.29, 1.82) is 0 Å². The van der Waals surface area contributed by atoms with Crippen molar-refractivity contribution in [3.8, 4) is 28.4 Å². The summed E-state index contributed by atoms with van der Waals surface area (Å²) in [5.74, 6) is 1.93. The van der Waals surface area contributed by atoms with Crippen LogP contribution in [0.15, 0.2) is 36.4 Å². The summed E-state index contributed by atoms with van der Waals surface area (Å²) in [6.45, 7) is 0.926. The molecular weight excluding hydrogens is 278 g/mol. The Morgan fingerprint density at radius 2 is 1.32 bits per heavy atom. The summed E-state index contributed by atoms with van der Waals surface area (Å²) in [5.41, 5.74) is 3.42. The normalized spacial score (nSPS) is 10.6. The van der Waals surface area contributed by atoms with Gasteiger partial charge in [0.1, 0.15) is 0 Å². The molecule has 0 amide bonds. The van der Waals surface area contributed by atoms with Crippen LogP contribution < -0.4 is 14.2 Å². The Balaban J connectivity index is 2.39. The Morgan fingerprint density at radius 3 is 1.73 bits per heavy atom. The van der Waals surface area contributed by atoms with Crippen LogP contribution in [0.3, 0.4) is 0 Å². The third-order valence-electron chi connectivity index (χ3n) is 3.45. The van der Waals surface area contributed by atoms with Crippen LogP contribution >= 0.6 is 0 Å². The Labute approximate surface area is 132 Å². The van der Waals surface area contributed by atoms with Crippen LogP contribution in [-0.2, 0) is 6.54 Å². The van der Waals surface area contributed by atoms with Crippen molar-refractivity contribution in [3.05, 3.63) is 42.0 Å². The topological polar surface area (TPSA) is 30.9 Å². The molecule has 0 saturated carbocycles. The minimum absolute atomic E-state index is 0.609. The first kappa shape index (κ1) is 16.2. The van der Waals surface area contributed by atoms with Gasteiger partial charge >= 0.3 is 0 Å². The number of hydrogen-bond donors (Lipinski definition) is 0. The maximum absolute atomic E-state index is 5.41. The molecule has 0 bridgehead atoms. The number of nitrogens with zero attached hydrogens (tertiary/aromatic N) is 1. The summed E-state index contributed by atoms with van der Waals surface area (Å²) < 4.78 is 16.2. The van der Waals surface area contributed by atoms with Crippen LogP contribution in [0.2, 0.25) is 0 Å². The Bertz CT molecular complexity index is 596. The lowest BCUT2D eigenvalue weighted by Crippen LogP contribution is -2.10. The van der Waals surface area contributed by atoms with E-state index in [0.29, 0.717) is 17.2 Å². The molecule has 0 aliphatic rings. The lowest BCUT2D eigenvalue weighted by Gasteiger charge is -2.15. The lowest BCUT2D eigenvalue weighted by atomic mass is 10.0. The fourth-order valence-electron chi connectivity index (χ4n) is 2.42. The molecule has 0 N–H and O–H groups in total. The van der Waals surface area contributed by atoms with Crippen LogP contribution in [-0.4, -0.2) is 40.3 Å². The van der Waals surface area contributed by atoms with E-state index < -0.39 is 0 Å². The van der Waals surface area contributed by atoms with Gasteiger partial charge < -0.3 is 19.1 Å². The van der Waals surface area contributed by atoms with E-state index in [1.807, 2.05) is 12.1 Å². The molecule has 0 aromatic heterocycles. The molecule has 0 heterocycles. The molecule has 2 rings (SSSR count). The summed E-state index contributed by atoms with van der Waals surface area (Å²) in [5, 5.41) is 0. The van der Waals surface area contributed by atoms with Gasteiger partial charge in [0.2, 0.25) is 5.75 Å². The molecule has 0 unspecified atom stereocenters. The molecule has 22 heavy (non-hydrogen) atoms. The van der Waals surface area contributed by atoms with Gasteiger partial charge in [-0.3, -0.25) is 0 Å². The van der Waals surface area contributed by atoms with Gasteiger partial charge in [-0.05, 0) is 42.9 Å². The molecule has 4 nitrogen and oxygen atoms in total. The smallest absolute Gasteiger partial charge is 0.203 e. The highest BCUT2D eigenvalue weighted by atomic mass is 16.5. The molecule has 2 aromatic carbocycles. The second-order valence-corrected chi connectivity index (χ2v) is 5.35. The minimum Gasteiger partial charge on any atom is -0.493 e. The molecule has 0 aliphatic heterocycles. The number of rotatable bonds is 6. The molecular formula is C18H23NO3. The molecule has 4 heteroatoms. The van der Waals surface area contributed by atoms with Crippen LogP contribution in [0, 0.1) is 0 Å². The third kappa shape index (κ3) is 3.52. The van der Waals surface area contributed by atoms with Crippen molar-refractivity contribution in [1.82, 2.24) is 4.90 Å². The molecule has 0 radical (unpaired) electrons. The van der Waals surface area contributed by atoms with Gasteiger partial charge in [0, 0.05) is 6.54 Å². The van der Waals surface area contributed by atoms with E-state index in [9.17, 15) is 0 Å². The lowest BCUT2D eigenvalue weighted by molar-refractivity contribution is 0.324. The predicted molar refractivity (Wildman–Crippen MR) is 88.9 cm³/mol. The van der Waals surface area contributed by atoms with Gasteiger partial charge in [0.15, 0.2) is 11.5 Å². The second kappa shape index (κ2) is 7.18. The standard InChI is InChI=1S/C18H23NO3/c1-19(2)12-13-6-8-14(9-7-13)15-10-16(20-3)18(22-5)17(11-15)21-4/h6-11H,12H2,1-5H3. The zero-order valence-corrected chi connectivity index (χ0v) is 13.8. The van der Waals surface area contributed by atoms with Crippen molar-refractivity contribution >= 4 is 0 Å². The van der Waals surface area contributed by atoms with E-state index in [0.717, 1.165) is 17.7 Å². The first-order valence-electron chi connectivity index (χ1n) is 7.13. The average Bonchev–Trinajstić information content (AvgIpc) is 2.53. The van der Waals surface area contributed by atoms with Crippen molar-refractivity contribution in [2.24, 2.45) is 0 Å². The fourth-order valence-corrected chi connectivity index (χ4v) is 2.42. The fraction of sp³-hybridized carbons (Fsp3) is 0.333. The number of hydrogen-bond acceptors (Lipinski definition) is 4. The highest BCUT2D eigenvalue weighted by Crippen LogP contribution is 2.41. The quantitative estimate of drug-likeness (QED) is 0.818. The zero-order chi connectivity index (χ0) is 16.1. The van der Waals surface area contributed by atoms with Crippen LogP contribution in [0.25, 0.3) is 11.1 Å². The van der Waals surface area contributed by atoms with E-state index in [4.69, 9.17) is 14.2 Å². The number of ether oxygens (including phenoxy) is 3. The third-order valence-corrected chi connectivity index (χ3v) is 3.45. The highest BCUT2D eigenvalue weighted by Gasteiger charge is 2.14. The van der Waals surface area contributed by atoms with E-state index >= 15 is 0 Å². The van der Waals surface area contributed by atoms with Crippen molar-refractivity contribution in [2.75, 3.05) is 35.4 Å². The Hall–Kier alpha value is -2.20. The van der Waals surface area contributed by atoms with E-state index in [1.54, 1.807) is 21.3 Å². The Morgan fingerprint density at radius 1 is 0.773 bits per heavy atom. The van der Waals surface area contributed by atoms with E-state index in [2.05, 4.69) is 43.3 Å². The van der Waals surface area contributed by atoms with Crippen molar-refractivity contribution in [3.63, 3.8) is 0 Å². The monoisotopic (exact) mass is 301 g/mol. The Kier molecular flexibility index (Phi) is 5.28. The van der Waals surface area contributed by atoms with E-state index in [-0.39, 0.29) is 0 Å². The van der Waals surface area contributed by atoms with Gasteiger partial charge in [0.25, 0.3) is 0 Å². The molecule has 118 valence electrons. The minimum atomic E-state index is 0.609. The SMILES string of the molecule is COc1cc(-c2ccc(CN(C)C)cc2)cc(OC)c1OC. The van der Waals surface area contributed by atoms with Crippen LogP contribution in [0.5, 0.6) is 17.2 Å². The number of methoxy groups -OCH3 is 3. The second-order valence-electron chi connectivity index (χ2n) is 5.35. The first-order valence-corrected chi connectivity index (χ1v) is 7.13. The molecule has 2 aromatic rings. The summed E-state index contributed by atoms with van der Waals surface area (Å²) >= 11 is 0. The van der Waals surface area contributed by atoms with Gasteiger partial charge in [-0.15, -0.1) is 0 Å². The molecule has 0 fully saturated rings. The van der Waals surface area contributed by atoms with Gasteiger partial charge in [-0.25, -0.2) is 0 Å². The molecule has 0 aliphatic carbocycles. The molecule has 0 atom stereocenters. The van der Waals surface area contributed by atoms with Crippen molar-refractivity contribution < 1.29 is 14.2 Å². The van der Waals surface area contributed by atoms with Gasteiger partial charge in [-0.2, -0.15) is 0 Å². The largest absolute Gasteiger partial charge is 0.493 e. The summed E-state index contributed by atoms with van der Waals surface area (Å²) in [7, 11) is 8.98. The summed E-state index contributed by atoms with van der Waals surface area (Å²) in [6, 6.07) is 12.4. The zero-order valence-electron chi connectivity index (χ0n) is 13.8. The summed E-state index contributed by atoms with van der Waals surface area (Å²) in [6.07, 6.45) is 0. The van der Waals surface area contributed by atoms with Gasteiger partial charge in [-0.1, -0.05) is 24.3 Å². The molecule has 0 saturated heterocycles. The first-order chi connectivity index (χ1) is 10.6. The number of benzene rings is 2. The maximum atomic E-state index is 5.41. The predicted octanol–water partition coefficient (Wildman–Crippen LogP) is 3.44. The maximum Gasteiger partial charge on any atom is 0.203 e. The van der Waals surface area contributed by atoms with Crippen LogP contribution in [0.4, 0.5) is 0 Å². The van der Waals surface area contributed by atoms with E-state index in [1.165, 1.54) is 5.56 Å².